The molecule has 31 heavy (non-hydrogen) atoms. The summed E-state index contributed by atoms with van der Waals surface area (Å²) in [6.07, 6.45) is 6.32. The molecular formula is C27H27NO2S. The van der Waals surface area contributed by atoms with E-state index in [1.165, 1.54) is 0 Å². The van der Waals surface area contributed by atoms with Gasteiger partial charge in [-0.3, -0.25) is 0 Å². The topological polar surface area (TPSA) is 49.3 Å². The first kappa shape index (κ1) is 22.4. The molecule has 3 nitrogen and oxygen atoms in total. The van der Waals surface area contributed by atoms with Crippen molar-refractivity contribution in [1.29, 1.82) is 0 Å². The van der Waals surface area contributed by atoms with Gasteiger partial charge >= 0.3 is 5.97 Å². The van der Waals surface area contributed by atoms with Gasteiger partial charge in [-0.1, -0.05) is 105 Å². The molecule has 0 aromatic heterocycles. The number of rotatable bonds is 10. The molecule has 0 unspecified atom stereocenters. The molecule has 3 aromatic rings. The number of nitrogens with one attached hydrogen (secondary N) is 1. The number of carbonyl (C=O) groups is 1. The highest BCUT2D eigenvalue weighted by atomic mass is 32.1. The number of aromatic carboxylic acids is 1. The first-order valence-electron chi connectivity index (χ1n) is 10.6. The summed E-state index contributed by atoms with van der Waals surface area (Å²) >= 11 is 5.81. The molecule has 2 N–H and O–H groups in total. The summed E-state index contributed by atoms with van der Waals surface area (Å²) < 4.78 is 0. The predicted molar refractivity (Wildman–Crippen MR) is 133 cm³/mol. The number of para-hydroxylation sites is 1. The van der Waals surface area contributed by atoms with Gasteiger partial charge in [-0.2, -0.15) is 0 Å². The number of anilines is 1. The SMILES string of the molecule is CCCCCC=C(Nc1ccccc1C(=O)O)C(=S)c1ccc(-c2ccccc2)cc1. The maximum absolute atomic E-state index is 11.6. The van der Waals surface area contributed by atoms with Crippen molar-refractivity contribution in [2.45, 2.75) is 32.6 Å². The second kappa shape index (κ2) is 11.2. The first-order valence-corrected chi connectivity index (χ1v) is 11.0. The normalized spacial score (nSPS) is 11.2. The van der Waals surface area contributed by atoms with Gasteiger partial charge in [0.2, 0.25) is 0 Å². The monoisotopic (exact) mass is 429 g/mol. The molecule has 3 aromatic carbocycles. The van der Waals surface area contributed by atoms with E-state index in [0.717, 1.165) is 48.1 Å². The van der Waals surface area contributed by atoms with Crippen molar-refractivity contribution in [3.8, 4) is 11.1 Å². The van der Waals surface area contributed by atoms with Gasteiger partial charge in [0.05, 0.1) is 21.8 Å². The fourth-order valence-electron chi connectivity index (χ4n) is 3.37. The zero-order chi connectivity index (χ0) is 22.1. The summed E-state index contributed by atoms with van der Waals surface area (Å²) in [5.74, 6) is -0.966. The van der Waals surface area contributed by atoms with Crippen LogP contribution in [0.15, 0.2) is 90.6 Å². The van der Waals surface area contributed by atoms with Gasteiger partial charge in [0.1, 0.15) is 0 Å². The Labute approximate surface area is 189 Å². The van der Waals surface area contributed by atoms with E-state index in [-0.39, 0.29) is 5.56 Å². The highest BCUT2D eigenvalue weighted by molar-refractivity contribution is 7.81. The lowest BCUT2D eigenvalue weighted by molar-refractivity contribution is 0.0698. The molecule has 4 heteroatoms. The van der Waals surface area contributed by atoms with Crippen molar-refractivity contribution in [2.24, 2.45) is 0 Å². The van der Waals surface area contributed by atoms with Crippen LogP contribution >= 0.6 is 12.2 Å². The van der Waals surface area contributed by atoms with Gasteiger partial charge in [0, 0.05) is 0 Å². The fourth-order valence-corrected chi connectivity index (χ4v) is 3.64. The zero-order valence-corrected chi connectivity index (χ0v) is 18.5. The van der Waals surface area contributed by atoms with Crippen molar-refractivity contribution in [2.75, 3.05) is 5.32 Å². The van der Waals surface area contributed by atoms with E-state index in [1.807, 2.05) is 36.4 Å². The van der Waals surface area contributed by atoms with Crippen molar-refractivity contribution < 1.29 is 9.90 Å². The van der Waals surface area contributed by atoms with Crippen LogP contribution < -0.4 is 5.32 Å². The van der Waals surface area contributed by atoms with Crippen molar-refractivity contribution in [3.05, 3.63) is 102 Å². The van der Waals surface area contributed by atoms with Gasteiger partial charge in [-0.05, 0) is 41.7 Å². The van der Waals surface area contributed by atoms with Crippen LogP contribution in [0.2, 0.25) is 0 Å². The van der Waals surface area contributed by atoms with E-state index in [4.69, 9.17) is 12.2 Å². The zero-order valence-electron chi connectivity index (χ0n) is 17.7. The lowest BCUT2D eigenvalue weighted by atomic mass is 10.0. The number of hydrogen-bond donors (Lipinski definition) is 2. The molecule has 3 rings (SSSR count). The summed E-state index contributed by atoms with van der Waals surface area (Å²) in [6.45, 7) is 2.17. The third-order valence-corrected chi connectivity index (χ3v) is 5.54. The molecule has 0 radical (unpaired) electrons. The van der Waals surface area contributed by atoms with Crippen LogP contribution in [0.5, 0.6) is 0 Å². The standard InChI is InChI=1S/C27H27NO2S/c1-2-3-4-8-15-25(28-24-14-10-9-13-23(24)27(29)30)26(31)22-18-16-21(17-19-22)20-11-6-5-7-12-20/h5-7,9-19,28H,2-4,8H2,1H3,(H,29,30). The highest BCUT2D eigenvalue weighted by Crippen LogP contribution is 2.23. The molecule has 0 saturated heterocycles. The van der Waals surface area contributed by atoms with Gasteiger partial charge in [-0.15, -0.1) is 0 Å². The predicted octanol–water partition coefficient (Wildman–Crippen LogP) is 7.35. The number of unbranched alkanes of at least 4 members (excludes halogenated alkanes) is 3. The molecule has 0 bridgehead atoms. The minimum atomic E-state index is -0.966. The Balaban J connectivity index is 1.86. The fraction of sp³-hybridized carbons (Fsp3) is 0.185. The Morgan fingerprint density at radius 2 is 1.55 bits per heavy atom. The smallest absolute Gasteiger partial charge is 0.337 e. The average Bonchev–Trinajstić information content (AvgIpc) is 2.81. The molecular weight excluding hydrogens is 402 g/mol. The van der Waals surface area contributed by atoms with Crippen LogP contribution in [0.4, 0.5) is 5.69 Å². The maximum atomic E-state index is 11.6. The summed E-state index contributed by atoms with van der Waals surface area (Å²) in [6, 6.07) is 25.3. The van der Waals surface area contributed by atoms with E-state index >= 15 is 0 Å². The molecule has 0 fully saturated rings. The Bertz CT molecular complexity index is 1060. The maximum Gasteiger partial charge on any atom is 0.337 e. The number of hydrogen-bond acceptors (Lipinski definition) is 3. The average molecular weight is 430 g/mol. The van der Waals surface area contributed by atoms with Gasteiger partial charge < -0.3 is 10.4 Å². The van der Waals surface area contributed by atoms with E-state index < -0.39 is 5.97 Å². The van der Waals surface area contributed by atoms with Crippen molar-refractivity contribution >= 4 is 28.7 Å². The lowest BCUT2D eigenvalue weighted by Gasteiger charge is -2.15. The summed E-state index contributed by atoms with van der Waals surface area (Å²) in [5, 5.41) is 12.8. The molecule has 0 aliphatic carbocycles. The number of carboxylic acid groups (broad SMARTS) is 1. The summed E-state index contributed by atoms with van der Waals surface area (Å²) in [7, 11) is 0. The molecule has 0 aliphatic rings. The minimum absolute atomic E-state index is 0.226. The third kappa shape index (κ3) is 6.12. The summed E-state index contributed by atoms with van der Waals surface area (Å²) in [5.41, 5.74) is 4.75. The second-order valence-electron chi connectivity index (χ2n) is 7.36. The molecule has 0 spiro atoms. The molecule has 0 aliphatic heterocycles. The van der Waals surface area contributed by atoms with Gasteiger partial charge in [-0.25, -0.2) is 4.79 Å². The van der Waals surface area contributed by atoms with Crippen LogP contribution in [0, 0.1) is 0 Å². The molecule has 0 saturated carbocycles. The van der Waals surface area contributed by atoms with Gasteiger partial charge in [0.25, 0.3) is 0 Å². The first-order chi connectivity index (χ1) is 15.1. The van der Waals surface area contributed by atoms with E-state index in [1.54, 1.807) is 18.2 Å². The van der Waals surface area contributed by atoms with E-state index in [9.17, 15) is 9.90 Å². The largest absolute Gasteiger partial charge is 0.478 e. The van der Waals surface area contributed by atoms with E-state index in [2.05, 4.69) is 42.6 Å². The Kier molecular flexibility index (Phi) is 8.13. The lowest BCUT2D eigenvalue weighted by Crippen LogP contribution is -2.13. The van der Waals surface area contributed by atoms with Crippen LogP contribution in [0.3, 0.4) is 0 Å². The van der Waals surface area contributed by atoms with Crippen LogP contribution in [-0.2, 0) is 0 Å². The number of thiocarbonyl (C=S) groups is 1. The third-order valence-electron chi connectivity index (χ3n) is 5.08. The van der Waals surface area contributed by atoms with Crippen LogP contribution in [0.25, 0.3) is 11.1 Å². The Morgan fingerprint density at radius 3 is 2.23 bits per heavy atom. The van der Waals surface area contributed by atoms with Crippen LogP contribution in [-0.4, -0.2) is 15.9 Å². The highest BCUT2D eigenvalue weighted by Gasteiger charge is 2.14. The molecule has 0 heterocycles. The van der Waals surface area contributed by atoms with Crippen molar-refractivity contribution in [3.63, 3.8) is 0 Å². The Hall–Kier alpha value is -3.24. The quantitative estimate of drug-likeness (QED) is 0.153. The Morgan fingerprint density at radius 1 is 0.903 bits per heavy atom. The number of benzene rings is 3. The van der Waals surface area contributed by atoms with Crippen LogP contribution in [0.1, 0.15) is 48.5 Å². The second-order valence-corrected chi connectivity index (χ2v) is 7.77. The van der Waals surface area contributed by atoms with E-state index in [0.29, 0.717) is 10.6 Å². The molecule has 158 valence electrons. The van der Waals surface area contributed by atoms with Crippen molar-refractivity contribution in [1.82, 2.24) is 0 Å². The minimum Gasteiger partial charge on any atom is -0.478 e. The molecule has 0 amide bonds. The summed E-state index contributed by atoms with van der Waals surface area (Å²) in [4.78, 5) is 12.3. The number of carboxylic acids is 1. The van der Waals surface area contributed by atoms with Gasteiger partial charge in [0.15, 0.2) is 0 Å². The molecule has 0 atom stereocenters. The number of allylic oxidation sites excluding steroid dienone is 2.